The van der Waals surface area contributed by atoms with E-state index in [0.717, 1.165) is 22.4 Å². The molecule has 2 aromatic carbocycles. The lowest BCUT2D eigenvalue weighted by molar-refractivity contribution is 0.404. The maximum atomic E-state index is 6.35. The van der Waals surface area contributed by atoms with Gasteiger partial charge in [-0.25, -0.2) is 0 Å². The first-order valence-corrected chi connectivity index (χ1v) is 7.05. The quantitative estimate of drug-likeness (QED) is 0.894. The molecule has 0 aliphatic carbocycles. The molecule has 0 fully saturated rings. The lowest BCUT2D eigenvalue weighted by Crippen LogP contribution is -2.14. The first-order chi connectivity index (χ1) is 9.43. The van der Waals surface area contributed by atoms with E-state index < -0.39 is 0 Å². The zero-order chi connectivity index (χ0) is 14.9. The summed E-state index contributed by atoms with van der Waals surface area (Å²) in [5, 5.41) is 1.15. The summed E-state index contributed by atoms with van der Waals surface area (Å²) in [7, 11) is 1.66. The largest absolute Gasteiger partial charge is 0.496 e. The van der Waals surface area contributed by atoms with Gasteiger partial charge in [-0.15, -0.1) is 0 Å². The lowest BCUT2D eigenvalue weighted by Gasteiger charge is -2.19. The van der Waals surface area contributed by atoms with Crippen LogP contribution in [0.2, 0.25) is 10.0 Å². The summed E-state index contributed by atoms with van der Waals surface area (Å²) < 4.78 is 5.51. The minimum absolute atomic E-state index is 0.333. The second-order valence-corrected chi connectivity index (χ2v) is 5.68. The van der Waals surface area contributed by atoms with Crippen LogP contribution in [0, 0.1) is 13.8 Å². The van der Waals surface area contributed by atoms with Crippen molar-refractivity contribution >= 4 is 23.2 Å². The fraction of sp³-hybridized carbons (Fsp3) is 0.250. The maximum absolute atomic E-state index is 6.35. The van der Waals surface area contributed by atoms with E-state index in [1.807, 2.05) is 38.1 Å². The van der Waals surface area contributed by atoms with Crippen molar-refractivity contribution in [2.24, 2.45) is 5.73 Å². The van der Waals surface area contributed by atoms with Crippen molar-refractivity contribution in [3.05, 3.63) is 62.6 Å². The summed E-state index contributed by atoms with van der Waals surface area (Å²) in [6.45, 7) is 4.07. The number of halogens is 2. The molecule has 2 nitrogen and oxygen atoms in total. The van der Waals surface area contributed by atoms with Gasteiger partial charge in [0.25, 0.3) is 0 Å². The highest BCUT2D eigenvalue weighted by molar-refractivity contribution is 6.34. The Morgan fingerprint density at radius 2 is 1.65 bits per heavy atom. The standard InChI is InChI=1S/C16H17Cl2NO/c1-9-4-5-14(16(20-3)10(9)2)15(19)11-6-12(17)8-13(18)7-11/h4-8,15H,19H2,1-3H3. The number of rotatable bonds is 3. The third-order valence-electron chi connectivity index (χ3n) is 3.49. The van der Waals surface area contributed by atoms with Crippen LogP contribution in [-0.4, -0.2) is 7.11 Å². The first kappa shape index (κ1) is 15.2. The molecule has 2 rings (SSSR count). The molecule has 0 bridgehead atoms. The molecule has 0 amide bonds. The van der Waals surface area contributed by atoms with Gasteiger partial charge < -0.3 is 10.5 Å². The van der Waals surface area contributed by atoms with Gasteiger partial charge in [0.05, 0.1) is 13.2 Å². The topological polar surface area (TPSA) is 35.2 Å². The Morgan fingerprint density at radius 3 is 2.20 bits per heavy atom. The van der Waals surface area contributed by atoms with Gasteiger partial charge in [-0.05, 0) is 48.7 Å². The Labute approximate surface area is 129 Å². The summed E-state index contributed by atoms with van der Waals surface area (Å²) in [5.74, 6) is 0.814. The Balaban J connectivity index is 2.53. The molecule has 106 valence electrons. The van der Waals surface area contributed by atoms with Crippen molar-refractivity contribution in [1.82, 2.24) is 0 Å². The average molecular weight is 310 g/mol. The minimum atomic E-state index is -0.333. The highest BCUT2D eigenvalue weighted by atomic mass is 35.5. The Morgan fingerprint density at radius 1 is 1.05 bits per heavy atom. The maximum Gasteiger partial charge on any atom is 0.127 e. The predicted octanol–water partition coefficient (Wildman–Crippen LogP) is 4.67. The summed E-state index contributed by atoms with van der Waals surface area (Å²) in [4.78, 5) is 0. The third-order valence-corrected chi connectivity index (χ3v) is 3.93. The van der Waals surface area contributed by atoms with Crippen molar-refractivity contribution in [3.8, 4) is 5.75 Å². The second-order valence-electron chi connectivity index (χ2n) is 4.81. The van der Waals surface area contributed by atoms with Gasteiger partial charge in [-0.3, -0.25) is 0 Å². The first-order valence-electron chi connectivity index (χ1n) is 6.29. The number of hydrogen-bond donors (Lipinski definition) is 1. The summed E-state index contributed by atoms with van der Waals surface area (Å²) in [6.07, 6.45) is 0. The van der Waals surface area contributed by atoms with Crippen LogP contribution in [0.5, 0.6) is 5.75 Å². The second kappa shape index (κ2) is 6.04. The molecule has 0 aromatic heterocycles. The van der Waals surface area contributed by atoms with E-state index in [0.29, 0.717) is 10.0 Å². The zero-order valence-corrected chi connectivity index (χ0v) is 13.2. The van der Waals surface area contributed by atoms with Gasteiger partial charge >= 0.3 is 0 Å². The van der Waals surface area contributed by atoms with Crippen LogP contribution in [-0.2, 0) is 0 Å². The third kappa shape index (κ3) is 2.93. The molecular formula is C16H17Cl2NO. The summed E-state index contributed by atoms with van der Waals surface area (Å²) in [6, 6.07) is 9.04. The molecule has 2 aromatic rings. The minimum Gasteiger partial charge on any atom is -0.496 e. The van der Waals surface area contributed by atoms with Crippen LogP contribution in [0.15, 0.2) is 30.3 Å². The highest BCUT2D eigenvalue weighted by Crippen LogP contribution is 2.34. The van der Waals surface area contributed by atoms with E-state index in [4.69, 9.17) is 33.7 Å². The highest BCUT2D eigenvalue weighted by Gasteiger charge is 2.17. The molecule has 2 N–H and O–H groups in total. The lowest BCUT2D eigenvalue weighted by atomic mass is 9.95. The van der Waals surface area contributed by atoms with Gasteiger partial charge in [-0.2, -0.15) is 0 Å². The van der Waals surface area contributed by atoms with E-state index >= 15 is 0 Å². The van der Waals surface area contributed by atoms with Crippen molar-refractivity contribution in [2.75, 3.05) is 7.11 Å². The van der Waals surface area contributed by atoms with Crippen LogP contribution in [0.4, 0.5) is 0 Å². The number of methoxy groups -OCH3 is 1. The molecule has 20 heavy (non-hydrogen) atoms. The monoisotopic (exact) mass is 309 g/mol. The van der Waals surface area contributed by atoms with Crippen LogP contribution in [0.1, 0.15) is 28.3 Å². The molecule has 0 heterocycles. The van der Waals surface area contributed by atoms with Gasteiger partial charge in [-0.1, -0.05) is 35.3 Å². The van der Waals surface area contributed by atoms with E-state index in [1.165, 1.54) is 5.56 Å². The number of nitrogens with two attached hydrogens (primary N) is 1. The van der Waals surface area contributed by atoms with Crippen LogP contribution >= 0.6 is 23.2 Å². The molecular weight excluding hydrogens is 293 g/mol. The van der Waals surface area contributed by atoms with Crippen molar-refractivity contribution in [3.63, 3.8) is 0 Å². The molecule has 0 spiro atoms. The Kier molecular flexibility index (Phi) is 4.59. The number of aryl methyl sites for hydroxylation is 1. The molecule has 1 atom stereocenters. The van der Waals surface area contributed by atoms with Gasteiger partial charge in [0, 0.05) is 15.6 Å². The molecule has 0 saturated heterocycles. The molecule has 0 aliphatic rings. The van der Waals surface area contributed by atoms with Crippen molar-refractivity contribution in [2.45, 2.75) is 19.9 Å². The predicted molar refractivity (Wildman–Crippen MR) is 85.0 cm³/mol. The molecule has 0 aliphatic heterocycles. The van der Waals surface area contributed by atoms with Gasteiger partial charge in [0.15, 0.2) is 0 Å². The number of ether oxygens (including phenoxy) is 1. The Bertz CT molecular complexity index is 620. The zero-order valence-electron chi connectivity index (χ0n) is 11.7. The fourth-order valence-electron chi connectivity index (χ4n) is 2.26. The number of hydrogen-bond acceptors (Lipinski definition) is 2. The van der Waals surface area contributed by atoms with Crippen molar-refractivity contribution in [1.29, 1.82) is 0 Å². The van der Waals surface area contributed by atoms with Gasteiger partial charge in [0.2, 0.25) is 0 Å². The smallest absolute Gasteiger partial charge is 0.127 e. The van der Waals surface area contributed by atoms with E-state index in [-0.39, 0.29) is 6.04 Å². The van der Waals surface area contributed by atoms with Crippen LogP contribution in [0.25, 0.3) is 0 Å². The summed E-state index contributed by atoms with van der Waals surface area (Å²) in [5.41, 5.74) is 10.4. The summed E-state index contributed by atoms with van der Waals surface area (Å²) >= 11 is 12.1. The van der Waals surface area contributed by atoms with E-state index in [2.05, 4.69) is 0 Å². The SMILES string of the molecule is COc1c(C(N)c2cc(Cl)cc(Cl)c2)ccc(C)c1C. The molecule has 0 saturated carbocycles. The van der Waals surface area contributed by atoms with Crippen LogP contribution in [0.3, 0.4) is 0 Å². The average Bonchev–Trinajstić information content (AvgIpc) is 2.39. The van der Waals surface area contributed by atoms with Gasteiger partial charge in [0.1, 0.15) is 5.75 Å². The van der Waals surface area contributed by atoms with E-state index in [9.17, 15) is 0 Å². The molecule has 4 heteroatoms. The normalized spacial score (nSPS) is 12.3. The van der Waals surface area contributed by atoms with Crippen LogP contribution < -0.4 is 10.5 Å². The number of benzene rings is 2. The van der Waals surface area contributed by atoms with Crippen molar-refractivity contribution < 1.29 is 4.74 Å². The van der Waals surface area contributed by atoms with E-state index in [1.54, 1.807) is 13.2 Å². The fourth-order valence-corrected chi connectivity index (χ4v) is 2.80. The molecule has 0 radical (unpaired) electrons. The molecule has 1 unspecified atom stereocenters. The Hall–Kier alpha value is -1.22.